The molecule has 0 fully saturated rings. The Morgan fingerprint density at radius 3 is 1.21 bits per heavy atom. The molecule has 10 rings (SSSR count). The predicted molar refractivity (Wildman–Crippen MR) is 420 cm³/mol. The molecule has 10 aromatic rings. The third-order valence-corrected chi connectivity index (χ3v) is 15.2. The van der Waals surface area contributed by atoms with Crippen LogP contribution in [-0.4, -0.2) is 102 Å². The molecule has 0 aliphatic heterocycles. The first-order valence-electron chi connectivity index (χ1n) is 34.8. The molecule has 0 saturated carbocycles. The normalized spacial score (nSPS) is 10.4. The first kappa shape index (κ1) is 84.2. The van der Waals surface area contributed by atoms with Gasteiger partial charge in [0, 0.05) is 112 Å². The van der Waals surface area contributed by atoms with Crippen LogP contribution < -0.4 is 56.3 Å². The average molecular weight is 1440 g/mol. The minimum absolute atomic E-state index is 0.0107. The van der Waals surface area contributed by atoms with E-state index < -0.39 is 11.2 Å². The summed E-state index contributed by atoms with van der Waals surface area (Å²) in [5.74, 6) is 37.4. The molecular formula is C78H97N21O7. The van der Waals surface area contributed by atoms with E-state index in [4.69, 9.17) is 22.9 Å². The first-order valence-corrected chi connectivity index (χ1v) is 34.8. The highest BCUT2D eigenvalue weighted by Gasteiger charge is 2.19. The van der Waals surface area contributed by atoms with Gasteiger partial charge in [0.25, 0.3) is 16.7 Å². The van der Waals surface area contributed by atoms with Crippen molar-refractivity contribution in [1.82, 2.24) is 82.6 Å². The van der Waals surface area contributed by atoms with Crippen molar-refractivity contribution in [2.24, 2.45) is 5.73 Å². The number of nitrogens with zero attached hydrogens (tertiary/aromatic N) is 13. The molecule has 1 amide bonds. The summed E-state index contributed by atoms with van der Waals surface area (Å²) in [4.78, 5) is 117. The molecule has 0 bridgehead atoms. The topological polar surface area (TPSA) is 403 Å². The van der Waals surface area contributed by atoms with Crippen LogP contribution in [0.3, 0.4) is 0 Å². The Morgan fingerprint density at radius 1 is 0.434 bits per heavy atom. The van der Waals surface area contributed by atoms with Gasteiger partial charge in [-0.3, -0.25) is 38.1 Å². The fourth-order valence-corrected chi connectivity index (χ4v) is 10.0. The number of amides is 1. The summed E-state index contributed by atoms with van der Waals surface area (Å²) in [5, 5.41) is 5.31. The number of aromatic nitrogens is 16. The van der Waals surface area contributed by atoms with E-state index in [1.54, 1.807) is 27.0 Å². The molecule has 106 heavy (non-hydrogen) atoms. The summed E-state index contributed by atoms with van der Waals surface area (Å²) >= 11 is 0. The van der Waals surface area contributed by atoms with Crippen LogP contribution >= 0.6 is 0 Å². The maximum Gasteiger partial charge on any atom is 0.349 e. The van der Waals surface area contributed by atoms with Gasteiger partial charge in [0.1, 0.15) is 75.7 Å². The standard InChI is InChI=1S/C16H19N3O2.C14H17N5O.C13H16N4O.C13H16N4.C11H15N3O.C11H14N2O2/c1-10(2)19-9-13(8-6-5-7-11(3)20)14-15(19)17-12(4)18-16(14)21;1-9(2)19-7-11(5-4-6-16-10(3)20)12-13(15)17-8-18-14(12)19;1-8(2)17-7-10(5-4-6-14)11-12(17)15-9(3)16-13(11)18;1-4-5-6-10-7-17(9(2)3)13-11(10)12(14)15-8-16-13;1-4-5-6-9-7-14(8(2)3)11(15)13-10(9)12;1-4-5-6-9-7-13(8(2)3)11(15)12-10(9)14/h9-10H,5,7H2,1-4H3,(H,17,18,21);7-9H,6H2,1-3H3,(H,16,20)(H2,15,17,18);7-8H,6,14H2,1-3H3,(H,15,16,18);7-9H,4H2,1-3H3,(H2,14,15,16);7-8H,4H2,1-3H3,(H2,12,13,15);7-8H,4H2,1-3H3,(H,12,14,15). The van der Waals surface area contributed by atoms with E-state index in [0.717, 1.165) is 46.0 Å². The largest absolute Gasteiger partial charge is 0.383 e. The van der Waals surface area contributed by atoms with E-state index in [9.17, 15) is 33.6 Å². The molecule has 0 atom stereocenters. The number of nitrogen functional groups attached to an aromatic ring is 3. The fourth-order valence-electron chi connectivity index (χ4n) is 10.0. The second kappa shape index (κ2) is 39.8. The van der Waals surface area contributed by atoms with E-state index in [1.165, 1.54) is 34.9 Å². The van der Waals surface area contributed by atoms with Gasteiger partial charge in [-0.25, -0.2) is 39.5 Å². The van der Waals surface area contributed by atoms with Crippen molar-refractivity contribution < 1.29 is 9.59 Å². The van der Waals surface area contributed by atoms with Crippen molar-refractivity contribution in [3.05, 3.63) is 147 Å². The van der Waals surface area contributed by atoms with Crippen molar-refractivity contribution in [3.63, 3.8) is 0 Å². The van der Waals surface area contributed by atoms with Gasteiger partial charge in [-0.05, 0) is 104 Å². The Balaban J connectivity index is 0.000000229. The molecule has 0 aromatic carbocycles. The van der Waals surface area contributed by atoms with Crippen LogP contribution in [0.25, 0.3) is 44.1 Å². The van der Waals surface area contributed by atoms with Gasteiger partial charge < -0.3 is 56.5 Å². The summed E-state index contributed by atoms with van der Waals surface area (Å²) < 4.78 is 11.0. The van der Waals surface area contributed by atoms with Crippen LogP contribution in [0.4, 0.5) is 17.5 Å². The van der Waals surface area contributed by atoms with Crippen molar-refractivity contribution in [3.8, 4) is 71.0 Å². The molecule has 0 saturated heterocycles. The summed E-state index contributed by atoms with van der Waals surface area (Å²) in [6.45, 7) is 37.0. The highest BCUT2D eigenvalue weighted by atomic mass is 16.2. The zero-order valence-corrected chi connectivity index (χ0v) is 64.0. The molecule has 0 radical (unpaired) electrons. The Kier molecular flexibility index (Phi) is 31.6. The lowest BCUT2D eigenvalue weighted by molar-refractivity contribution is -0.119. The van der Waals surface area contributed by atoms with Crippen molar-refractivity contribution in [2.45, 2.75) is 200 Å². The maximum absolute atomic E-state index is 12.2. The minimum atomic E-state index is -0.419. The molecule has 12 N–H and O–H groups in total. The maximum atomic E-state index is 12.2. The van der Waals surface area contributed by atoms with Crippen LogP contribution in [-0.2, 0) is 9.59 Å². The summed E-state index contributed by atoms with van der Waals surface area (Å²) in [6.07, 6.45) is 16.9. The number of nitrogens with one attached hydrogen (secondary N) is 4. The van der Waals surface area contributed by atoms with Crippen LogP contribution in [0.1, 0.15) is 231 Å². The van der Waals surface area contributed by atoms with Crippen LogP contribution in [0, 0.1) is 84.9 Å². The molecule has 28 heteroatoms. The van der Waals surface area contributed by atoms with Crippen molar-refractivity contribution in [1.29, 1.82) is 0 Å². The number of carbonyl (C=O) groups excluding carboxylic acids is 2. The van der Waals surface area contributed by atoms with E-state index in [-0.39, 0.29) is 71.1 Å². The number of aryl methyl sites for hydroxylation is 2. The SMILES string of the molecule is CC(=O)CCC#Cc1cn(C(C)C)c2nc(C)[nH]c(=O)c12.CC(=O)NCC#Cc1cn(C(C)C)c2ncnc(N)c12.CCC#Cc1cn(C(C)C)c(=O)[nH]c1=O.CCC#Cc1cn(C(C)C)c(=O)nc1N.CCC#Cc1cn(C(C)C)c2ncnc(N)c12.Cc1nc2c(c(C#CCN)cn2C(C)C)c(=O)[nH]1. The molecule has 0 aliphatic carbocycles. The average Bonchev–Trinajstić information content (AvgIpc) is 1.65. The quantitative estimate of drug-likeness (QED) is 0.0626. The first-order chi connectivity index (χ1) is 50.2. The summed E-state index contributed by atoms with van der Waals surface area (Å²) in [6, 6.07) is 1.05. The second-order valence-electron chi connectivity index (χ2n) is 25.6. The van der Waals surface area contributed by atoms with Crippen LogP contribution in [0.15, 0.2) is 73.8 Å². The van der Waals surface area contributed by atoms with Gasteiger partial charge in [-0.1, -0.05) is 91.8 Å². The number of hydrogen-bond acceptors (Lipinski definition) is 18. The van der Waals surface area contributed by atoms with E-state index >= 15 is 0 Å². The Morgan fingerprint density at radius 2 is 0.802 bits per heavy atom. The lowest BCUT2D eigenvalue weighted by atomic mass is 10.2. The zero-order valence-electron chi connectivity index (χ0n) is 64.0. The van der Waals surface area contributed by atoms with Crippen molar-refractivity contribution >= 4 is 73.3 Å². The number of ketones is 1. The highest BCUT2D eigenvalue weighted by molar-refractivity contribution is 5.93. The van der Waals surface area contributed by atoms with Gasteiger partial charge >= 0.3 is 11.4 Å². The van der Waals surface area contributed by atoms with Crippen molar-refractivity contribution in [2.75, 3.05) is 30.3 Å². The van der Waals surface area contributed by atoms with Gasteiger partial charge in [-0.15, -0.1) is 0 Å². The van der Waals surface area contributed by atoms with Crippen LogP contribution in [0.2, 0.25) is 0 Å². The number of nitrogens with two attached hydrogens (primary N) is 4. The van der Waals surface area contributed by atoms with Gasteiger partial charge in [0.15, 0.2) is 0 Å². The zero-order chi connectivity index (χ0) is 78.8. The molecule has 28 nitrogen and oxygen atoms in total. The third kappa shape index (κ3) is 22.7. The third-order valence-electron chi connectivity index (χ3n) is 15.2. The van der Waals surface area contributed by atoms with Crippen LogP contribution in [0.5, 0.6) is 0 Å². The molecular weight excluding hydrogens is 1340 g/mol. The molecule has 556 valence electrons. The number of aromatic amines is 3. The Bertz CT molecular complexity index is 5540. The lowest BCUT2D eigenvalue weighted by Crippen LogP contribution is -2.31. The Hall–Kier alpha value is -12.5. The second-order valence-corrected chi connectivity index (χ2v) is 25.6. The number of anilines is 3. The van der Waals surface area contributed by atoms with E-state index in [2.05, 4.69) is 158 Å². The van der Waals surface area contributed by atoms with Gasteiger partial charge in [-0.2, -0.15) is 4.98 Å². The molecule has 0 aliphatic rings. The number of fused-ring (bicyclic) bond motifs is 4. The predicted octanol–water partition coefficient (Wildman–Crippen LogP) is 8.74. The Labute approximate surface area is 616 Å². The number of carbonyl (C=O) groups is 2. The van der Waals surface area contributed by atoms with Gasteiger partial charge in [0.2, 0.25) is 5.91 Å². The fraction of sp³-hybridized carbons (Fsp3) is 0.410. The minimum Gasteiger partial charge on any atom is -0.383 e. The highest BCUT2D eigenvalue weighted by Crippen LogP contribution is 2.28. The number of H-pyrrole nitrogens is 3. The summed E-state index contributed by atoms with van der Waals surface area (Å²) in [7, 11) is 0. The van der Waals surface area contributed by atoms with E-state index in [1.807, 2.05) is 115 Å². The van der Waals surface area contributed by atoms with E-state index in [0.29, 0.717) is 99.5 Å². The molecule has 10 heterocycles. The number of hydrogen-bond donors (Lipinski definition) is 8. The summed E-state index contributed by atoms with van der Waals surface area (Å²) in [5.41, 5.74) is 28.3. The number of Topliss-reactive ketones (excluding diaryl/α,β-unsaturated/α-hetero) is 1. The molecule has 0 unspecified atom stereocenters. The number of rotatable bonds is 9. The lowest BCUT2D eigenvalue weighted by Gasteiger charge is -2.09. The molecule has 0 spiro atoms. The smallest absolute Gasteiger partial charge is 0.349 e. The van der Waals surface area contributed by atoms with Gasteiger partial charge in [0.05, 0.1) is 62.5 Å². The monoisotopic (exact) mass is 1440 g/mol. The molecule has 10 aromatic heterocycles.